The first kappa shape index (κ1) is 18.1. The van der Waals surface area contributed by atoms with Crippen molar-refractivity contribution < 1.29 is 14.4 Å². The fourth-order valence-electron chi connectivity index (χ4n) is 1.96. The molecule has 0 radical (unpaired) electrons. The van der Waals surface area contributed by atoms with E-state index in [1.54, 1.807) is 0 Å². The van der Waals surface area contributed by atoms with Crippen LogP contribution >= 0.6 is 0 Å². The zero-order chi connectivity index (χ0) is 15.1. The molecule has 0 aliphatic rings. The highest BCUT2D eigenvalue weighted by atomic mass is 16.1. The van der Waals surface area contributed by atoms with Gasteiger partial charge in [-0.2, -0.15) is 15.0 Å². The molecule has 0 amide bonds. The van der Waals surface area contributed by atoms with E-state index < -0.39 is 5.79 Å². The zero-order valence-corrected chi connectivity index (χ0v) is 11.9. The van der Waals surface area contributed by atoms with Crippen LogP contribution in [0.25, 0.3) is 0 Å². The normalized spacial score (nSPS) is 12.4. The van der Waals surface area contributed by atoms with Crippen molar-refractivity contribution in [2.24, 2.45) is 15.0 Å². The van der Waals surface area contributed by atoms with Crippen LogP contribution < -0.4 is 0 Å². The minimum Gasteiger partial charge on any atom is -0.211 e. The van der Waals surface area contributed by atoms with Gasteiger partial charge in [-0.3, -0.25) is 0 Å². The maximum Gasteiger partial charge on any atom is 0.277 e. The van der Waals surface area contributed by atoms with E-state index >= 15 is 0 Å². The smallest absolute Gasteiger partial charge is 0.211 e. The van der Waals surface area contributed by atoms with Gasteiger partial charge in [0.05, 0.1) is 0 Å². The predicted molar refractivity (Wildman–Crippen MR) is 74.3 cm³/mol. The molecule has 0 bridgehead atoms. The number of carbonyl (C=O) groups excluding carboxylic acids is 3. The molecule has 0 spiro atoms. The van der Waals surface area contributed by atoms with Gasteiger partial charge in [-0.05, 0) is 6.42 Å². The Morgan fingerprint density at radius 2 is 1.10 bits per heavy atom. The topological polar surface area (TPSA) is 88.3 Å². The molecule has 0 aromatic carbocycles. The quantitative estimate of drug-likeness (QED) is 0.312. The van der Waals surface area contributed by atoms with Gasteiger partial charge >= 0.3 is 0 Å². The standard InChI is InChI=1S/C14H21N3O3/c1-2-3-4-5-6-7-8-9-10-14(15-11-18,16-12-19)17-13-20/h2-10H2,1H3. The summed E-state index contributed by atoms with van der Waals surface area (Å²) in [6.45, 7) is 2.17. The Hall–Kier alpha value is -1.86. The van der Waals surface area contributed by atoms with Crippen molar-refractivity contribution in [2.45, 2.75) is 70.5 Å². The fourth-order valence-corrected chi connectivity index (χ4v) is 1.96. The average Bonchev–Trinajstić information content (AvgIpc) is 2.43. The van der Waals surface area contributed by atoms with Crippen molar-refractivity contribution in [3.63, 3.8) is 0 Å². The summed E-state index contributed by atoms with van der Waals surface area (Å²) in [7, 11) is 0. The van der Waals surface area contributed by atoms with E-state index in [1.165, 1.54) is 43.9 Å². The van der Waals surface area contributed by atoms with Crippen molar-refractivity contribution in [3.05, 3.63) is 0 Å². The van der Waals surface area contributed by atoms with E-state index in [0.29, 0.717) is 6.42 Å². The molecule has 0 atom stereocenters. The Morgan fingerprint density at radius 1 is 0.700 bits per heavy atom. The fraction of sp³-hybridized carbons (Fsp3) is 0.786. The molecule has 0 aliphatic heterocycles. The molecule has 0 aliphatic carbocycles. The number of unbranched alkanes of at least 4 members (excludes halogenated alkanes) is 7. The Balaban J connectivity index is 4.12. The molecular formula is C14H21N3O3. The maximum absolute atomic E-state index is 10.3. The maximum atomic E-state index is 10.3. The average molecular weight is 279 g/mol. The Labute approximate surface area is 119 Å². The number of aliphatic imine (C=N–C) groups is 3. The summed E-state index contributed by atoms with van der Waals surface area (Å²) in [5.74, 6) is -1.70. The van der Waals surface area contributed by atoms with Crippen LogP contribution in [0.1, 0.15) is 64.7 Å². The van der Waals surface area contributed by atoms with E-state index in [-0.39, 0.29) is 6.42 Å². The highest BCUT2D eigenvalue weighted by Gasteiger charge is 2.28. The molecule has 0 heterocycles. The van der Waals surface area contributed by atoms with Crippen molar-refractivity contribution in [1.82, 2.24) is 0 Å². The lowest BCUT2D eigenvalue weighted by molar-refractivity contribution is 0.398. The third-order valence-electron chi connectivity index (χ3n) is 3.04. The van der Waals surface area contributed by atoms with Crippen LogP contribution in [0.3, 0.4) is 0 Å². The number of isocyanates is 3. The summed E-state index contributed by atoms with van der Waals surface area (Å²) in [5, 5.41) is 0. The van der Waals surface area contributed by atoms with Crippen LogP contribution in [0.4, 0.5) is 0 Å². The molecule has 0 rings (SSSR count). The van der Waals surface area contributed by atoms with Crippen molar-refractivity contribution in [1.29, 1.82) is 0 Å². The van der Waals surface area contributed by atoms with Gasteiger partial charge in [-0.25, -0.2) is 14.4 Å². The molecule has 20 heavy (non-hydrogen) atoms. The largest absolute Gasteiger partial charge is 0.277 e. The van der Waals surface area contributed by atoms with Crippen LogP contribution in [0.2, 0.25) is 0 Å². The first-order valence-electron chi connectivity index (χ1n) is 7.01. The molecule has 0 saturated heterocycles. The second-order valence-corrected chi connectivity index (χ2v) is 4.61. The van der Waals surface area contributed by atoms with E-state index in [4.69, 9.17) is 0 Å². The van der Waals surface area contributed by atoms with Crippen LogP contribution in [-0.2, 0) is 14.4 Å². The zero-order valence-electron chi connectivity index (χ0n) is 11.9. The van der Waals surface area contributed by atoms with Gasteiger partial charge in [0.1, 0.15) is 0 Å². The molecule has 0 aromatic heterocycles. The third-order valence-corrected chi connectivity index (χ3v) is 3.04. The monoisotopic (exact) mass is 279 g/mol. The van der Waals surface area contributed by atoms with Crippen molar-refractivity contribution in [3.8, 4) is 0 Å². The molecule has 6 heteroatoms. The lowest BCUT2D eigenvalue weighted by Gasteiger charge is -2.14. The first-order valence-corrected chi connectivity index (χ1v) is 7.01. The molecule has 0 fully saturated rings. The molecule has 110 valence electrons. The lowest BCUT2D eigenvalue weighted by Crippen LogP contribution is -2.20. The van der Waals surface area contributed by atoms with E-state index in [2.05, 4.69) is 21.9 Å². The minimum absolute atomic E-state index is 0.210. The summed E-state index contributed by atoms with van der Waals surface area (Å²) in [5.41, 5.74) is 0. The van der Waals surface area contributed by atoms with Crippen LogP contribution in [-0.4, -0.2) is 24.0 Å². The highest BCUT2D eigenvalue weighted by Crippen LogP contribution is 2.22. The Morgan fingerprint density at radius 3 is 1.50 bits per heavy atom. The number of rotatable bonds is 12. The number of hydrogen-bond acceptors (Lipinski definition) is 6. The molecular weight excluding hydrogens is 258 g/mol. The van der Waals surface area contributed by atoms with Gasteiger partial charge in [0.2, 0.25) is 18.2 Å². The summed E-state index contributed by atoms with van der Waals surface area (Å²) >= 11 is 0. The number of nitrogens with zero attached hydrogens (tertiary/aromatic N) is 3. The lowest BCUT2D eigenvalue weighted by atomic mass is 10.1. The summed E-state index contributed by atoms with van der Waals surface area (Å²) in [6, 6.07) is 0. The SMILES string of the molecule is CCCCCCCCCCC(N=C=O)(N=C=O)N=C=O. The molecule has 0 N–H and O–H groups in total. The molecule has 0 aromatic rings. The van der Waals surface area contributed by atoms with Gasteiger partial charge < -0.3 is 0 Å². The van der Waals surface area contributed by atoms with Crippen LogP contribution in [0, 0.1) is 0 Å². The van der Waals surface area contributed by atoms with Gasteiger partial charge in [0.25, 0.3) is 5.79 Å². The molecule has 0 saturated carbocycles. The van der Waals surface area contributed by atoms with Crippen molar-refractivity contribution >= 4 is 18.2 Å². The summed E-state index contributed by atoms with van der Waals surface area (Å²) in [4.78, 5) is 41.0. The Bertz CT molecular complexity index is 358. The van der Waals surface area contributed by atoms with E-state index in [0.717, 1.165) is 19.3 Å². The molecule has 6 nitrogen and oxygen atoms in total. The highest BCUT2D eigenvalue weighted by molar-refractivity contribution is 5.42. The first-order chi connectivity index (χ1) is 9.74. The summed E-state index contributed by atoms with van der Waals surface area (Å²) < 4.78 is 0. The Kier molecular flexibility index (Phi) is 11.1. The second-order valence-electron chi connectivity index (χ2n) is 4.61. The van der Waals surface area contributed by atoms with Gasteiger partial charge in [-0.15, -0.1) is 0 Å². The van der Waals surface area contributed by atoms with E-state index in [9.17, 15) is 14.4 Å². The number of hydrogen-bond donors (Lipinski definition) is 0. The third kappa shape index (κ3) is 8.28. The van der Waals surface area contributed by atoms with Gasteiger partial charge in [-0.1, -0.05) is 51.9 Å². The van der Waals surface area contributed by atoms with E-state index in [1.807, 2.05) is 0 Å². The summed E-state index contributed by atoms with van der Waals surface area (Å²) in [6.07, 6.45) is 12.8. The minimum atomic E-state index is -1.70. The predicted octanol–water partition coefficient (Wildman–Crippen LogP) is 3.18. The van der Waals surface area contributed by atoms with Gasteiger partial charge in [0, 0.05) is 6.42 Å². The van der Waals surface area contributed by atoms with Crippen LogP contribution in [0.15, 0.2) is 15.0 Å². The van der Waals surface area contributed by atoms with Gasteiger partial charge in [0.15, 0.2) is 0 Å². The second kappa shape index (κ2) is 12.2. The molecule has 0 unspecified atom stereocenters. The van der Waals surface area contributed by atoms with Crippen molar-refractivity contribution in [2.75, 3.05) is 0 Å². The van der Waals surface area contributed by atoms with Crippen LogP contribution in [0.5, 0.6) is 0 Å².